The van der Waals surface area contributed by atoms with Crippen LogP contribution in [-0.2, 0) is 40.0 Å². The Bertz CT molecular complexity index is 776. The van der Waals surface area contributed by atoms with Gasteiger partial charge in [-0.15, -0.1) is 0 Å². The second kappa shape index (κ2) is 12.0. The average Bonchev–Trinajstić information content (AvgIpc) is 2.64. The topological polar surface area (TPSA) is 108 Å². The maximum Gasteiger partial charge on any atom is 0.336 e. The van der Waals surface area contributed by atoms with Crippen LogP contribution in [0.3, 0.4) is 0 Å². The first-order valence-electron chi connectivity index (χ1n) is 9.90. The number of carbonyl (C=O) groups excluding carboxylic acids is 2. The molecule has 1 N–H and O–H groups in total. The van der Waals surface area contributed by atoms with E-state index >= 15 is 0 Å². The van der Waals surface area contributed by atoms with Crippen molar-refractivity contribution in [3.8, 4) is 0 Å². The number of rotatable bonds is 13. The van der Waals surface area contributed by atoms with Crippen molar-refractivity contribution < 1.29 is 31.7 Å². The minimum atomic E-state index is -3.82. The summed E-state index contributed by atoms with van der Waals surface area (Å²) in [5.74, 6) is -1.04. The highest BCUT2D eigenvalue weighted by molar-refractivity contribution is 7.86. The van der Waals surface area contributed by atoms with Gasteiger partial charge in [0.1, 0.15) is 0 Å². The third-order valence-corrected chi connectivity index (χ3v) is 5.36. The van der Waals surface area contributed by atoms with Crippen LogP contribution in [0.4, 0.5) is 0 Å². The largest absolute Gasteiger partial charge is 0.461 e. The number of esters is 1. The van der Waals surface area contributed by atoms with E-state index in [0.717, 1.165) is 5.56 Å². The Labute approximate surface area is 179 Å². The number of carbonyl (C=O) groups is 2. The number of hydrogen-bond donors (Lipinski definition) is 1. The van der Waals surface area contributed by atoms with E-state index in [1.165, 1.54) is 6.92 Å². The van der Waals surface area contributed by atoms with Crippen molar-refractivity contribution >= 4 is 22.0 Å². The Hall–Kier alpha value is -1.97. The molecule has 8 nitrogen and oxygen atoms in total. The third kappa shape index (κ3) is 10.2. The molecule has 0 aliphatic heterocycles. The number of benzene rings is 1. The van der Waals surface area contributed by atoms with Crippen LogP contribution in [0, 0.1) is 5.41 Å². The van der Waals surface area contributed by atoms with Crippen LogP contribution in [0.15, 0.2) is 30.3 Å². The first-order chi connectivity index (χ1) is 13.9. The van der Waals surface area contributed by atoms with Gasteiger partial charge >= 0.3 is 5.97 Å². The van der Waals surface area contributed by atoms with E-state index in [-0.39, 0.29) is 43.9 Å². The van der Waals surface area contributed by atoms with Crippen molar-refractivity contribution in [2.75, 3.05) is 18.9 Å². The third-order valence-electron chi connectivity index (χ3n) is 4.09. The van der Waals surface area contributed by atoms with Crippen molar-refractivity contribution in [2.24, 2.45) is 5.41 Å². The van der Waals surface area contributed by atoms with Gasteiger partial charge in [-0.3, -0.25) is 8.98 Å². The zero-order valence-corrected chi connectivity index (χ0v) is 19.2. The second-order valence-corrected chi connectivity index (χ2v) is 9.77. The molecule has 0 radical (unpaired) electrons. The molecule has 0 saturated heterocycles. The molecular formula is C21H33NO7S. The molecule has 1 rings (SSSR count). The molecule has 0 unspecified atom stereocenters. The summed E-state index contributed by atoms with van der Waals surface area (Å²) in [5.41, 5.74) is -0.0898. The van der Waals surface area contributed by atoms with Gasteiger partial charge in [0.2, 0.25) is 5.91 Å². The van der Waals surface area contributed by atoms with E-state index in [1.807, 2.05) is 30.3 Å². The predicted molar refractivity (Wildman–Crippen MR) is 113 cm³/mol. The Kier molecular flexibility index (Phi) is 10.4. The summed E-state index contributed by atoms with van der Waals surface area (Å²) < 4.78 is 40.7. The molecule has 0 heterocycles. The quantitative estimate of drug-likeness (QED) is 0.283. The first kappa shape index (κ1) is 26.1. The second-order valence-electron chi connectivity index (χ2n) is 8.01. The molecule has 1 amide bonds. The molecule has 0 bridgehead atoms. The number of amides is 1. The molecule has 1 aromatic rings. The smallest absolute Gasteiger partial charge is 0.336 e. The van der Waals surface area contributed by atoms with Gasteiger partial charge in [-0.05, 0) is 25.8 Å². The van der Waals surface area contributed by atoms with Crippen LogP contribution < -0.4 is 5.32 Å². The highest BCUT2D eigenvalue weighted by Crippen LogP contribution is 2.27. The normalized spacial score (nSPS) is 13.1. The fourth-order valence-corrected chi connectivity index (χ4v) is 3.65. The molecule has 0 fully saturated rings. The van der Waals surface area contributed by atoms with Gasteiger partial charge in [-0.2, -0.15) is 8.42 Å². The molecule has 1 aromatic carbocycles. The summed E-state index contributed by atoms with van der Waals surface area (Å²) in [6.07, 6.45) is -1.13. The molecule has 9 heteroatoms. The number of hydrogen-bond acceptors (Lipinski definition) is 7. The monoisotopic (exact) mass is 443 g/mol. The van der Waals surface area contributed by atoms with Crippen molar-refractivity contribution in [1.29, 1.82) is 0 Å². The van der Waals surface area contributed by atoms with Crippen molar-refractivity contribution in [1.82, 2.24) is 5.32 Å². The van der Waals surface area contributed by atoms with Crippen LogP contribution in [0.25, 0.3) is 0 Å². The lowest BCUT2D eigenvalue weighted by molar-refractivity contribution is -0.172. The van der Waals surface area contributed by atoms with E-state index < -0.39 is 27.6 Å². The maximum atomic E-state index is 12.6. The maximum absolute atomic E-state index is 12.6. The summed E-state index contributed by atoms with van der Waals surface area (Å²) >= 11 is 0. The average molecular weight is 444 g/mol. The molecule has 170 valence electrons. The van der Waals surface area contributed by atoms with Gasteiger partial charge in [0.15, 0.2) is 6.10 Å². The van der Waals surface area contributed by atoms with Crippen LogP contribution in [0.1, 0.15) is 46.6 Å². The molecule has 0 saturated carbocycles. The van der Waals surface area contributed by atoms with Crippen LogP contribution in [0.5, 0.6) is 0 Å². The molecular weight excluding hydrogens is 410 g/mol. The van der Waals surface area contributed by atoms with Gasteiger partial charge in [0, 0.05) is 18.9 Å². The zero-order valence-electron chi connectivity index (χ0n) is 18.3. The Morgan fingerprint density at radius 2 is 1.77 bits per heavy atom. The lowest BCUT2D eigenvalue weighted by Crippen LogP contribution is -2.44. The zero-order chi connectivity index (χ0) is 22.8. The van der Waals surface area contributed by atoms with Crippen molar-refractivity contribution in [3.05, 3.63) is 35.9 Å². The van der Waals surface area contributed by atoms with E-state index in [0.29, 0.717) is 0 Å². The van der Waals surface area contributed by atoms with E-state index in [2.05, 4.69) is 5.32 Å². The lowest BCUT2D eigenvalue weighted by Gasteiger charge is -2.32. The number of nitrogens with one attached hydrogen (secondary N) is 1. The van der Waals surface area contributed by atoms with E-state index in [4.69, 9.17) is 13.7 Å². The van der Waals surface area contributed by atoms with E-state index in [1.54, 1.807) is 27.7 Å². The summed E-state index contributed by atoms with van der Waals surface area (Å²) in [7, 11) is -3.82. The Morgan fingerprint density at radius 1 is 1.13 bits per heavy atom. The highest BCUT2D eigenvalue weighted by Gasteiger charge is 2.39. The van der Waals surface area contributed by atoms with Crippen molar-refractivity contribution in [3.63, 3.8) is 0 Å². The van der Waals surface area contributed by atoms with E-state index in [9.17, 15) is 18.0 Å². The van der Waals surface area contributed by atoms with Gasteiger partial charge in [-0.25, -0.2) is 4.79 Å². The van der Waals surface area contributed by atoms with Gasteiger partial charge in [-0.1, -0.05) is 44.2 Å². The molecule has 30 heavy (non-hydrogen) atoms. The standard InChI is InChI=1S/C21H33NO7S/c1-16(2)29-20(24)19(27-14-18-10-7-6-8-11-18)21(4,5)15-28-30(25,26)13-9-12-22-17(3)23/h6-8,10-11,16,19H,9,12-15H2,1-5H3,(H,22,23)/t19-/m0/s1. The van der Waals surface area contributed by atoms with Gasteiger partial charge in [0.25, 0.3) is 10.1 Å². The highest BCUT2D eigenvalue weighted by atomic mass is 32.2. The Morgan fingerprint density at radius 3 is 2.33 bits per heavy atom. The molecule has 0 spiro atoms. The number of ether oxygens (including phenoxy) is 2. The molecule has 0 aliphatic carbocycles. The summed E-state index contributed by atoms with van der Waals surface area (Å²) in [6, 6.07) is 9.34. The summed E-state index contributed by atoms with van der Waals surface area (Å²) in [5, 5.41) is 2.53. The fourth-order valence-electron chi connectivity index (χ4n) is 2.55. The minimum absolute atomic E-state index is 0.172. The fraction of sp³-hybridized carbons (Fsp3) is 0.619. The molecule has 0 aliphatic rings. The molecule has 1 atom stereocenters. The minimum Gasteiger partial charge on any atom is -0.461 e. The van der Waals surface area contributed by atoms with Crippen LogP contribution in [0.2, 0.25) is 0 Å². The lowest BCUT2D eigenvalue weighted by atomic mass is 9.87. The van der Waals surface area contributed by atoms with Crippen molar-refractivity contribution in [2.45, 2.75) is 59.9 Å². The SMILES string of the molecule is CC(=O)NCCCS(=O)(=O)OCC(C)(C)[C@@H](OCc1ccccc1)C(=O)OC(C)C. The Balaban J connectivity index is 2.77. The van der Waals surface area contributed by atoms with Gasteiger partial charge in [0.05, 0.1) is 25.1 Å². The van der Waals surface area contributed by atoms with Crippen LogP contribution in [-0.4, -0.2) is 51.4 Å². The van der Waals surface area contributed by atoms with Gasteiger partial charge < -0.3 is 14.8 Å². The van der Waals surface area contributed by atoms with Crippen LogP contribution >= 0.6 is 0 Å². The summed E-state index contributed by atoms with van der Waals surface area (Å²) in [4.78, 5) is 23.5. The predicted octanol–water partition coefficient (Wildman–Crippen LogP) is 2.42. The first-order valence-corrected chi connectivity index (χ1v) is 11.5. The summed E-state index contributed by atoms with van der Waals surface area (Å²) in [6.45, 7) is 8.37. The molecule has 0 aromatic heterocycles.